The average molecular weight is 397 g/mol. The Hall–Kier alpha value is -3.93. The summed E-state index contributed by atoms with van der Waals surface area (Å²) in [4.78, 5) is 30.4. The number of rotatable bonds is 4. The average Bonchev–Trinajstić information content (AvgIpc) is 3.43. The molecule has 0 aliphatic heterocycles. The summed E-state index contributed by atoms with van der Waals surface area (Å²) < 4.78 is 5.44. The van der Waals surface area contributed by atoms with Gasteiger partial charge in [-0.3, -0.25) is 20.4 Å². The van der Waals surface area contributed by atoms with Gasteiger partial charge in [0.25, 0.3) is 5.91 Å². The number of para-hydroxylation sites is 1. The van der Waals surface area contributed by atoms with E-state index < -0.39 is 11.3 Å². The Balaban J connectivity index is 1.41. The molecule has 148 valence electrons. The molecule has 1 aliphatic carbocycles. The zero-order valence-electron chi connectivity index (χ0n) is 16.1. The van der Waals surface area contributed by atoms with E-state index in [0.29, 0.717) is 27.9 Å². The summed E-state index contributed by atoms with van der Waals surface area (Å²) in [5, 5.41) is 0.698. The van der Waals surface area contributed by atoms with Crippen molar-refractivity contribution in [2.75, 3.05) is 0 Å². The lowest BCUT2D eigenvalue weighted by atomic mass is 9.95. The van der Waals surface area contributed by atoms with Gasteiger partial charge >= 0.3 is 0 Å². The van der Waals surface area contributed by atoms with Crippen LogP contribution in [0.25, 0.3) is 22.4 Å². The van der Waals surface area contributed by atoms with E-state index in [1.54, 1.807) is 24.5 Å². The van der Waals surface area contributed by atoms with Gasteiger partial charge in [-0.15, -0.1) is 0 Å². The molecule has 6 heteroatoms. The van der Waals surface area contributed by atoms with Crippen LogP contribution in [-0.4, -0.2) is 16.8 Å². The van der Waals surface area contributed by atoms with Crippen LogP contribution in [0.4, 0.5) is 0 Å². The minimum absolute atomic E-state index is 0.202. The van der Waals surface area contributed by atoms with Gasteiger partial charge in [-0.05, 0) is 42.7 Å². The van der Waals surface area contributed by atoms with Gasteiger partial charge in [-0.2, -0.15) is 0 Å². The number of nitrogens with one attached hydrogen (secondary N) is 2. The maximum atomic E-state index is 13.0. The number of hydrazine groups is 1. The summed E-state index contributed by atoms with van der Waals surface area (Å²) in [7, 11) is 0. The molecule has 0 bridgehead atoms. The molecule has 0 radical (unpaired) electrons. The molecule has 6 nitrogen and oxygen atoms in total. The second kappa shape index (κ2) is 7.15. The molecule has 2 aromatic carbocycles. The number of aromatic nitrogens is 1. The van der Waals surface area contributed by atoms with Crippen LogP contribution in [0.15, 0.2) is 83.5 Å². The van der Waals surface area contributed by atoms with Crippen LogP contribution in [0.2, 0.25) is 0 Å². The minimum atomic E-state index is -0.561. The van der Waals surface area contributed by atoms with Gasteiger partial charge < -0.3 is 4.42 Å². The van der Waals surface area contributed by atoms with E-state index in [0.717, 1.165) is 18.4 Å². The number of benzene rings is 2. The van der Waals surface area contributed by atoms with Gasteiger partial charge in [0.05, 0.1) is 22.8 Å². The summed E-state index contributed by atoms with van der Waals surface area (Å²) in [6.45, 7) is 0. The lowest BCUT2D eigenvalue weighted by Crippen LogP contribution is -2.46. The van der Waals surface area contributed by atoms with E-state index in [2.05, 4.69) is 15.8 Å². The molecule has 2 amide bonds. The predicted octanol–water partition coefficient (Wildman–Crippen LogP) is 3.99. The number of hydrogen-bond donors (Lipinski definition) is 2. The minimum Gasteiger partial charge on any atom is -0.463 e. The summed E-state index contributed by atoms with van der Waals surface area (Å²) >= 11 is 0. The molecule has 0 atom stereocenters. The fourth-order valence-electron chi connectivity index (χ4n) is 3.74. The zero-order valence-corrected chi connectivity index (χ0v) is 16.1. The number of carbonyl (C=O) groups excluding carboxylic acids is 2. The molecular weight excluding hydrogens is 378 g/mol. The summed E-state index contributed by atoms with van der Waals surface area (Å²) in [5.74, 6) is -0.0369. The molecule has 2 N–H and O–H groups in total. The van der Waals surface area contributed by atoms with Crippen molar-refractivity contribution in [3.63, 3.8) is 0 Å². The van der Waals surface area contributed by atoms with Crippen molar-refractivity contribution < 1.29 is 14.0 Å². The normalized spacial score (nSPS) is 14.3. The second-order valence-corrected chi connectivity index (χ2v) is 7.41. The SMILES string of the molecule is O=C(NNC(=O)C1(c2ccccc2)CC1)c1cc(-c2ccco2)nc2ccccc12. The molecule has 0 spiro atoms. The molecule has 0 saturated heterocycles. The van der Waals surface area contributed by atoms with Crippen molar-refractivity contribution in [3.8, 4) is 11.5 Å². The lowest BCUT2D eigenvalue weighted by Gasteiger charge is -2.16. The fourth-order valence-corrected chi connectivity index (χ4v) is 3.74. The predicted molar refractivity (Wildman–Crippen MR) is 112 cm³/mol. The maximum Gasteiger partial charge on any atom is 0.270 e. The molecule has 2 aromatic heterocycles. The van der Waals surface area contributed by atoms with Crippen LogP contribution < -0.4 is 10.9 Å². The molecule has 2 heterocycles. The van der Waals surface area contributed by atoms with Crippen LogP contribution in [0, 0.1) is 0 Å². The molecular formula is C24H19N3O3. The van der Waals surface area contributed by atoms with E-state index in [4.69, 9.17) is 4.42 Å². The molecule has 0 unspecified atom stereocenters. The third-order valence-electron chi connectivity index (χ3n) is 5.54. The first-order chi connectivity index (χ1) is 14.7. The number of pyridine rings is 1. The molecule has 1 saturated carbocycles. The number of furan rings is 1. The first kappa shape index (κ1) is 18.1. The van der Waals surface area contributed by atoms with E-state index in [9.17, 15) is 9.59 Å². The summed E-state index contributed by atoms with van der Waals surface area (Å²) in [5.41, 5.74) is 7.24. The van der Waals surface area contributed by atoms with E-state index >= 15 is 0 Å². The smallest absolute Gasteiger partial charge is 0.270 e. The summed E-state index contributed by atoms with van der Waals surface area (Å²) in [6.07, 6.45) is 3.09. The first-order valence-corrected chi connectivity index (χ1v) is 9.77. The second-order valence-electron chi connectivity index (χ2n) is 7.41. The van der Waals surface area contributed by atoms with Crippen molar-refractivity contribution in [1.82, 2.24) is 15.8 Å². The van der Waals surface area contributed by atoms with Gasteiger partial charge in [-0.1, -0.05) is 48.5 Å². The molecule has 1 fully saturated rings. The highest BCUT2D eigenvalue weighted by molar-refractivity contribution is 6.07. The number of hydrogen-bond acceptors (Lipinski definition) is 4. The lowest BCUT2D eigenvalue weighted by molar-refractivity contribution is -0.124. The van der Waals surface area contributed by atoms with Crippen LogP contribution in [0.3, 0.4) is 0 Å². The van der Waals surface area contributed by atoms with Gasteiger partial charge in [0.2, 0.25) is 5.91 Å². The zero-order chi connectivity index (χ0) is 20.6. The Morgan fingerprint density at radius 3 is 2.40 bits per heavy atom. The highest BCUT2D eigenvalue weighted by atomic mass is 16.3. The summed E-state index contributed by atoms with van der Waals surface area (Å²) in [6, 6.07) is 22.3. The van der Waals surface area contributed by atoms with Crippen LogP contribution >= 0.6 is 0 Å². The molecule has 30 heavy (non-hydrogen) atoms. The van der Waals surface area contributed by atoms with Crippen molar-refractivity contribution >= 4 is 22.7 Å². The quantitative estimate of drug-likeness (QED) is 0.510. The van der Waals surface area contributed by atoms with Crippen molar-refractivity contribution in [2.24, 2.45) is 0 Å². The van der Waals surface area contributed by atoms with Crippen molar-refractivity contribution in [3.05, 3.63) is 90.2 Å². The van der Waals surface area contributed by atoms with E-state index in [-0.39, 0.29) is 5.91 Å². The Labute approximate surface area is 172 Å². The van der Waals surface area contributed by atoms with E-state index in [1.807, 2.05) is 54.6 Å². The topological polar surface area (TPSA) is 84.2 Å². The molecule has 1 aliphatic rings. The number of fused-ring (bicyclic) bond motifs is 1. The third-order valence-corrected chi connectivity index (χ3v) is 5.54. The Kier molecular flexibility index (Phi) is 4.32. The molecule has 4 aromatic rings. The Morgan fingerprint density at radius 2 is 1.67 bits per heavy atom. The maximum absolute atomic E-state index is 13.0. The Morgan fingerprint density at radius 1 is 0.900 bits per heavy atom. The van der Waals surface area contributed by atoms with Crippen LogP contribution in [0.5, 0.6) is 0 Å². The highest BCUT2D eigenvalue weighted by Gasteiger charge is 2.51. The van der Waals surface area contributed by atoms with Gasteiger partial charge in [-0.25, -0.2) is 4.98 Å². The molecule has 5 rings (SSSR count). The van der Waals surface area contributed by atoms with Gasteiger partial charge in [0, 0.05) is 5.39 Å². The number of carbonyl (C=O) groups is 2. The van der Waals surface area contributed by atoms with Crippen LogP contribution in [0.1, 0.15) is 28.8 Å². The van der Waals surface area contributed by atoms with Gasteiger partial charge in [0.15, 0.2) is 5.76 Å². The first-order valence-electron chi connectivity index (χ1n) is 9.77. The van der Waals surface area contributed by atoms with Crippen molar-refractivity contribution in [1.29, 1.82) is 0 Å². The number of nitrogens with zero attached hydrogens (tertiary/aromatic N) is 1. The fraction of sp³-hybridized carbons (Fsp3) is 0.125. The van der Waals surface area contributed by atoms with Crippen LogP contribution in [-0.2, 0) is 10.2 Å². The van der Waals surface area contributed by atoms with Gasteiger partial charge in [0.1, 0.15) is 5.69 Å². The monoisotopic (exact) mass is 397 g/mol. The van der Waals surface area contributed by atoms with E-state index in [1.165, 1.54) is 0 Å². The largest absolute Gasteiger partial charge is 0.463 e. The number of amides is 2. The highest BCUT2D eigenvalue weighted by Crippen LogP contribution is 2.48. The Bertz CT molecular complexity index is 1230. The van der Waals surface area contributed by atoms with Crippen molar-refractivity contribution in [2.45, 2.75) is 18.3 Å². The standard InChI is InChI=1S/C24H19N3O3/c28-22(26-27-23(29)24(12-13-24)16-7-2-1-3-8-16)18-15-20(21-11-6-14-30-21)25-19-10-5-4-9-17(18)19/h1-11,14-15H,12-13H2,(H,26,28)(H,27,29). The third kappa shape index (κ3) is 3.12.